The van der Waals surface area contributed by atoms with Gasteiger partial charge in [-0.3, -0.25) is 9.78 Å². The molecule has 1 fully saturated rings. The van der Waals surface area contributed by atoms with Gasteiger partial charge >= 0.3 is 5.97 Å². The minimum Gasteiger partial charge on any atom is -0.425 e. The van der Waals surface area contributed by atoms with E-state index in [1.807, 2.05) is 0 Å². The van der Waals surface area contributed by atoms with Gasteiger partial charge in [0.25, 0.3) is 0 Å². The largest absolute Gasteiger partial charge is 0.425 e. The van der Waals surface area contributed by atoms with Gasteiger partial charge in [-0.2, -0.15) is 0 Å². The van der Waals surface area contributed by atoms with Crippen molar-refractivity contribution >= 4 is 5.97 Å². The third-order valence-electron chi connectivity index (χ3n) is 1.76. The van der Waals surface area contributed by atoms with Crippen molar-refractivity contribution in [2.75, 3.05) is 0 Å². The molecule has 62 valence electrons. The number of aromatic nitrogens is 1. The summed E-state index contributed by atoms with van der Waals surface area (Å²) < 4.78 is 5.04. The number of hydrogen-bond acceptors (Lipinski definition) is 3. The maximum absolute atomic E-state index is 11.1. The number of ether oxygens (including phenoxy) is 1. The highest BCUT2D eigenvalue weighted by atomic mass is 16.5. The first kappa shape index (κ1) is 7.28. The highest BCUT2D eigenvalue weighted by Gasteiger charge is 2.31. The first-order valence-corrected chi connectivity index (χ1v) is 3.98. The van der Waals surface area contributed by atoms with E-state index in [2.05, 4.69) is 4.98 Å². The summed E-state index contributed by atoms with van der Waals surface area (Å²) in [5.41, 5.74) is 0. The van der Waals surface area contributed by atoms with Crippen molar-refractivity contribution in [1.29, 1.82) is 0 Å². The fourth-order valence-corrected chi connectivity index (χ4v) is 0.926. The summed E-state index contributed by atoms with van der Waals surface area (Å²) in [6.45, 7) is 0. The summed E-state index contributed by atoms with van der Waals surface area (Å²) in [4.78, 5) is 15.0. The number of carbonyl (C=O) groups is 1. The van der Waals surface area contributed by atoms with Crippen molar-refractivity contribution < 1.29 is 9.53 Å². The number of carbonyl (C=O) groups excluding carboxylic acids is 1. The van der Waals surface area contributed by atoms with Crippen molar-refractivity contribution in [1.82, 2.24) is 4.98 Å². The van der Waals surface area contributed by atoms with Gasteiger partial charge in [0.05, 0.1) is 12.1 Å². The second-order valence-electron chi connectivity index (χ2n) is 2.88. The van der Waals surface area contributed by atoms with Crippen LogP contribution >= 0.6 is 0 Å². The first-order chi connectivity index (χ1) is 5.86. The standard InChI is InChI=1S/C9H9NO2/c11-9(7-3-4-7)12-8-2-1-5-10-6-8/h1-2,5-7H,3-4H2. The molecule has 0 bridgehead atoms. The monoisotopic (exact) mass is 163 g/mol. The van der Waals surface area contributed by atoms with Crippen LogP contribution in [0.3, 0.4) is 0 Å². The SMILES string of the molecule is O=C(Oc1cccnc1)C1CC1. The summed E-state index contributed by atoms with van der Waals surface area (Å²) in [7, 11) is 0. The molecule has 1 saturated carbocycles. The number of nitrogens with zero attached hydrogens (tertiary/aromatic N) is 1. The van der Waals surface area contributed by atoms with Gasteiger partial charge in [0.1, 0.15) is 5.75 Å². The third-order valence-corrected chi connectivity index (χ3v) is 1.76. The fourth-order valence-electron chi connectivity index (χ4n) is 0.926. The average Bonchev–Trinajstić information content (AvgIpc) is 2.88. The summed E-state index contributed by atoms with van der Waals surface area (Å²) in [6, 6.07) is 3.47. The predicted octanol–water partition coefficient (Wildman–Crippen LogP) is 1.40. The van der Waals surface area contributed by atoms with Crippen molar-refractivity contribution in [2.24, 2.45) is 5.92 Å². The van der Waals surface area contributed by atoms with Gasteiger partial charge in [0.15, 0.2) is 0 Å². The summed E-state index contributed by atoms with van der Waals surface area (Å²) in [5, 5.41) is 0. The van der Waals surface area contributed by atoms with Crippen LogP contribution in [0.15, 0.2) is 24.5 Å². The molecular weight excluding hydrogens is 154 g/mol. The van der Waals surface area contributed by atoms with Gasteiger partial charge in [-0.25, -0.2) is 0 Å². The third kappa shape index (κ3) is 1.61. The molecule has 12 heavy (non-hydrogen) atoms. The van der Waals surface area contributed by atoms with Crippen LogP contribution in [0.5, 0.6) is 5.75 Å². The first-order valence-electron chi connectivity index (χ1n) is 3.98. The number of rotatable bonds is 2. The molecule has 1 aliphatic rings. The summed E-state index contributed by atoms with van der Waals surface area (Å²) in [6.07, 6.45) is 5.13. The van der Waals surface area contributed by atoms with E-state index in [9.17, 15) is 4.79 Å². The van der Waals surface area contributed by atoms with Crippen LogP contribution < -0.4 is 4.74 Å². The maximum atomic E-state index is 11.1. The summed E-state index contributed by atoms with van der Waals surface area (Å²) in [5.74, 6) is 0.558. The lowest BCUT2D eigenvalue weighted by Gasteiger charge is -2.00. The zero-order chi connectivity index (χ0) is 8.39. The summed E-state index contributed by atoms with van der Waals surface area (Å²) >= 11 is 0. The van der Waals surface area contributed by atoms with Crippen LogP contribution in [0, 0.1) is 5.92 Å². The van der Waals surface area contributed by atoms with Crippen molar-refractivity contribution in [2.45, 2.75) is 12.8 Å². The zero-order valence-electron chi connectivity index (χ0n) is 6.56. The lowest BCUT2D eigenvalue weighted by molar-refractivity contribution is -0.135. The zero-order valence-corrected chi connectivity index (χ0v) is 6.56. The van der Waals surface area contributed by atoms with E-state index in [-0.39, 0.29) is 11.9 Å². The number of esters is 1. The molecule has 0 aliphatic heterocycles. The minimum absolute atomic E-state index is 0.122. The van der Waals surface area contributed by atoms with E-state index in [4.69, 9.17) is 4.74 Å². The van der Waals surface area contributed by atoms with Gasteiger partial charge < -0.3 is 4.74 Å². The highest BCUT2D eigenvalue weighted by Crippen LogP contribution is 2.30. The van der Waals surface area contributed by atoms with Crippen LogP contribution in [-0.2, 0) is 4.79 Å². The molecule has 1 heterocycles. The van der Waals surface area contributed by atoms with Crippen LogP contribution in [0.4, 0.5) is 0 Å². The molecule has 0 atom stereocenters. The molecule has 0 N–H and O–H groups in total. The molecule has 0 amide bonds. The number of hydrogen-bond donors (Lipinski definition) is 0. The van der Waals surface area contributed by atoms with Crippen LogP contribution in [0.2, 0.25) is 0 Å². The molecule has 1 aliphatic carbocycles. The predicted molar refractivity (Wildman–Crippen MR) is 42.6 cm³/mol. The molecule has 2 rings (SSSR count). The maximum Gasteiger partial charge on any atom is 0.314 e. The van der Waals surface area contributed by atoms with Gasteiger partial charge in [0, 0.05) is 6.20 Å². The average molecular weight is 163 g/mol. The molecule has 1 aromatic rings. The van der Waals surface area contributed by atoms with Gasteiger partial charge in [-0.15, -0.1) is 0 Å². The Labute approximate surface area is 70.4 Å². The van der Waals surface area contributed by atoms with E-state index < -0.39 is 0 Å². The molecule has 0 aromatic carbocycles. The Morgan fingerprint density at radius 2 is 2.42 bits per heavy atom. The van der Waals surface area contributed by atoms with E-state index in [1.165, 1.54) is 0 Å². The second-order valence-corrected chi connectivity index (χ2v) is 2.88. The Bertz CT molecular complexity index is 280. The smallest absolute Gasteiger partial charge is 0.314 e. The van der Waals surface area contributed by atoms with E-state index in [0.717, 1.165) is 12.8 Å². The molecular formula is C9H9NO2. The van der Waals surface area contributed by atoms with Gasteiger partial charge in [-0.05, 0) is 25.0 Å². The lowest BCUT2D eigenvalue weighted by Crippen LogP contribution is -2.09. The normalized spacial score (nSPS) is 15.7. The molecule has 3 nitrogen and oxygen atoms in total. The van der Waals surface area contributed by atoms with Gasteiger partial charge in [0.2, 0.25) is 0 Å². The second kappa shape index (κ2) is 2.93. The molecule has 0 spiro atoms. The molecule has 0 radical (unpaired) electrons. The Morgan fingerprint density at radius 3 is 3.00 bits per heavy atom. The molecule has 0 saturated heterocycles. The van der Waals surface area contributed by atoms with Crippen LogP contribution in [0.1, 0.15) is 12.8 Å². The highest BCUT2D eigenvalue weighted by molar-refractivity contribution is 5.77. The molecule has 0 unspecified atom stereocenters. The fraction of sp³-hybridized carbons (Fsp3) is 0.333. The molecule has 3 heteroatoms. The van der Waals surface area contributed by atoms with Crippen molar-refractivity contribution in [3.05, 3.63) is 24.5 Å². The Hall–Kier alpha value is -1.38. The van der Waals surface area contributed by atoms with Gasteiger partial charge in [-0.1, -0.05) is 0 Å². The van der Waals surface area contributed by atoms with E-state index >= 15 is 0 Å². The van der Waals surface area contributed by atoms with E-state index in [1.54, 1.807) is 24.5 Å². The van der Waals surface area contributed by atoms with E-state index in [0.29, 0.717) is 5.75 Å². The van der Waals surface area contributed by atoms with Crippen molar-refractivity contribution in [3.8, 4) is 5.75 Å². The van der Waals surface area contributed by atoms with Crippen LogP contribution in [0.25, 0.3) is 0 Å². The van der Waals surface area contributed by atoms with Crippen LogP contribution in [-0.4, -0.2) is 11.0 Å². The van der Waals surface area contributed by atoms with Crippen molar-refractivity contribution in [3.63, 3.8) is 0 Å². The minimum atomic E-state index is -0.122. The number of pyridine rings is 1. The molecule has 1 aromatic heterocycles. The lowest BCUT2D eigenvalue weighted by atomic mass is 10.4. The Morgan fingerprint density at radius 1 is 1.58 bits per heavy atom. The Balaban J connectivity index is 1.98. The topological polar surface area (TPSA) is 39.2 Å². The Kier molecular flexibility index (Phi) is 1.78. The quantitative estimate of drug-likeness (QED) is 0.618.